The van der Waals surface area contributed by atoms with Gasteiger partial charge in [0.25, 0.3) is 5.91 Å². The molecule has 1 unspecified atom stereocenters. The summed E-state index contributed by atoms with van der Waals surface area (Å²) in [5.74, 6) is -0.931. The lowest BCUT2D eigenvalue weighted by Gasteiger charge is -2.19. The first kappa shape index (κ1) is 20.8. The highest BCUT2D eigenvalue weighted by molar-refractivity contribution is 5.96. The number of H-pyrrole nitrogens is 1. The van der Waals surface area contributed by atoms with Gasteiger partial charge in [0.1, 0.15) is 0 Å². The zero-order valence-electron chi connectivity index (χ0n) is 16.9. The molecule has 4 aromatic rings. The minimum absolute atomic E-state index is 0.0353. The topological polar surface area (TPSA) is 117 Å². The molecule has 1 aromatic heterocycles. The standard InChI is InChI=1S/C24H20N4O4/c29-21(25-19-13-7-12-18(14-19)22-27-24(31)32-28-22)15-20(16-8-3-1-4-9-16)26-23(30)17-10-5-2-6-11-17/h1-14,20H,15H2,(H,25,29)(H,26,30)(H,27,28,31). The molecular weight excluding hydrogens is 408 g/mol. The molecule has 1 atom stereocenters. The molecule has 0 spiro atoms. The number of benzene rings is 3. The Balaban J connectivity index is 1.49. The fourth-order valence-electron chi connectivity index (χ4n) is 3.26. The SMILES string of the molecule is O=C(CC(NC(=O)c1ccccc1)c1ccccc1)Nc1cccc(-c2noc(=O)[nH]2)c1. The summed E-state index contributed by atoms with van der Waals surface area (Å²) in [6.07, 6.45) is 0.0353. The molecule has 4 rings (SSSR count). The molecule has 0 aliphatic heterocycles. The average molecular weight is 428 g/mol. The van der Waals surface area contributed by atoms with E-state index in [-0.39, 0.29) is 24.1 Å². The Morgan fingerprint density at radius 3 is 2.34 bits per heavy atom. The largest absolute Gasteiger partial charge is 0.439 e. The number of carbonyl (C=O) groups excluding carboxylic acids is 2. The lowest BCUT2D eigenvalue weighted by Crippen LogP contribution is -2.31. The quantitative estimate of drug-likeness (QED) is 0.416. The molecule has 2 amide bonds. The maximum Gasteiger partial charge on any atom is 0.439 e. The zero-order chi connectivity index (χ0) is 22.3. The number of hydrogen-bond acceptors (Lipinski definition) is 5. The van der Waals surface area contributed by atoms with Gasteiger partial charge < -0.3 is 10.6 Å². The van der Waals surface area contributed by atoms with Gasteiger partial charge in [-0.15, -0.1) is 0 Å². The third-order valence-electron chi connectivity index (χ3n) is 4.79. The number of nitrogens with zero attached hydrogens (tertiary/aromatic N) is 1. The van der Waals surface area contributed by atoms with Gasteiger partial charge in [-0.2, -0.15) is 0 Å². The highest BCUT2D eigenvalue weighted by Crippen LogP contribution is 2.21. The summed E-state index contributed by atoms with van der Waals surface area (Å²) in [5.41, 5.74) is 2.45. The normalized spacial score (nSPS) is 11.5. The minimum Gasteiger partial charge on any atom is -0.345 e. The van der Waals surface area contributed by atoms with E-state index in [0.29, 0.717) is 16.8 Å². The van der Waals surface area contributed by atoms with Crippen molar-refractivity contribution in [1.29, 1.82) is 0 Å². The van der Waals surface area contributed by atoms with E-state index in [2.05, 4.69) is 25.3 Å². The number of rotatable bonds is 7. The van der Waals surface area contributed by atoms with Crippen LogP contribution in [0, 0.1) is 0 Å². The van der Waals surface area contributed by atoms with Gasteiger partial charge in [0, 0.05) is 16.8 Å². The number of amides is 2. The van der Waals surface area contributed by atoms with Crippen molar-refractivity contribution in [2.24, 2.45) is 0 Å². The van der Waals surface area contributed by atoms with Crippen molar-refractivity contribution in [3.63, 3.8) is 0 Å². The molecule has 0 fully saturated rings. The number of hydrogen-bond donors (Lipinski definition) is 3. The molecule has 0 saturated carbocycles. The van der Waals surface area contributed by atoms with Crippen LogP contribution >= 0.6 is 0 Å². The number of anilines is 1. The first-order chi connectivity index (χ1) is 15.6. The average Bonchev–Trinajstić information content (AvgIpc) is 3.26. The summed E-state index contributed by atoms with van der Waals surface area (Å²) in [4.78, 5) is 39.1. The fourth-order valence-corrected chi connectivity index (χ4v) is 3.26. The summed E-state index contributed by atoms with van der Waals surface area (Å²) in [6.45, 7) is 0. The lowest BCUT2D eigenvalue weighted by atomic mass is 10.0. The molecule has 0 aliphatic rings. The molecule has 160 valence electrons. The Labute approximate surface area is 183 Å². The predicted molar refractivity (Wildman–Crippen MR) is 119 cm³/mol. The van der Waals surface area contributed by atoms with Crippen molar-refractivity contribution < 1.29 is 14.1 Å². The number of aromatic amines is 1. The molecule has 1 heterocycles. The Bertz CT molecular complexity index is 1270. The van der Waals surface area contributed by atoms with Crippen molar-refractivity contribution in [3.05, 3.63) is 107 Å². The fraction of sp³-hybridized carbons (Fsp3) is 0.0833. The van der Waals surface area contributed by atoms with E-state index < -0.39 is 11.8 Å². The van der Waals surface area contributed by atoms with Crippen LogP contribution in [0.25, 0.3) is 11.4 Å². The summed E-state index contributed by atoms with van der Waals surface area (Å²) in [6, 6.07) is 24.5. The van der Waals surface area contributed by atoms with Gasteiger partial charge in [0.15, 0.2) is 5.82 Å². The minimum atomic E-state index is -0.658. The molecule has 32 heavy (non-hydrogen) atoms. The van der Waals surface area contributed by atoms with E-state index in [1.54, 1.807) is 48.5 Å². The van der Waals surface area contributed by atoms with Gasteiger partial charge in [-0.1, -0.05) is 65.8 Å². The van der Waals surface area contributed by atoms with E-state index in [1.165, 1.54) is 0 Å². The first-order valence-electron chi connectivity index (χ1n) is 9.95. The molecular formula is C24H20N4O4. The van der Waals surface area contributed by atoms with Crippen LogP contribution in [0.15, 0.2) is 94.2 Å². The van der Waals surface area contributed by atoms with Crippen LogP contribution in [-0.4, -0.2) is 22.0 Å². The zero-order valence-corrected chi connectivity index (χ0v) is 16.9. The van der Waals surface area contributed by atoms with Gasteiger partial charge in [-0.3, -0.25) is 19.1 Å². The summed E-state index contributed by atoms with van der Waals surface area (Å²) in [7, 11) is 0. The highest BCUT2D eigenvalue weighted by atomic mass is 16.5. The maximum atomic E-state index is 12.8. The van der Waals surface area contributed by atoms with E-state index in [0.717, 1.165) is 5.56 Å². The third kappa shape index (κ3) is 5.17. The van der Waals surface area contributed by atoms with Crippen molar-refractivity contribution in [2.75, 3.05) is 5.32 Å². The molecule has 0 saturated heterocycles. The van der Waals surface area contributed by atoms with Crippen LogP contribution in [0.3, 0.4) is 0 Å². The van der Waals surface area contributed by atoms with E-state index >= 15 is 0 Å². The monoisotopic (exact) mass is 428 g/mol. The van der Waals surface area contributed by atoms with Gasteiger partial charge in [0.2, 0.25) is 5.91 Å². The van der Waals surface area contributed by atoms with Crippen molar-refractivity contribution in [3.8, 4) is 11.4 Å². The number of nitrogens with one attached hydrogen (secondary N) is 3. The predicted octanol–water partition coefficient (Wildman–Crippen LogP) is 3.53. The van der Waals surface area contributed by atoms with Crippen LogP contribution < -0.4 is 16.4 Å². The van der Waals surface area contributed by atoms with E-state index in [9.17, 15) is 14.4 Å². The van der Waals surface area contributed by atoms with E-state index in [4.69, 9.17) is 0 Å². The van der Waals surface area contributed by atoms with Crippen LogP contribution in [0.5, 0.6) is 0 Å². The number of aromatic nitrogens is 2. The second-order valence-corrected chi connectivity index (χ2v) is 7.08. The van der Waals surface area contributed by atoms with Gasteiger partial charge in [-0.25, -0.2) is 4.79 Å². The maximum absolute atomic E-state index is 12.8. The van der Waals surface area contributed by atoms with Crippen LogP contribution in [0.1, 0.15) is 28.4 Å². The van der Waals surface area contributed by atoms with Crippen molar-refractivity contribution >= 4 is 17.5 Å². The van der Waals surface area contributed by atoms with Gasteiger partial charge in [-0.05, 0) is 29.8 Å². The molecule has 0 aliphatic carbocycles. The Kier molecular flexibility index (Phi) is 6.22. The first-order valence-corrected chi connectivity index (χ1v) is 9.95. The van der Waals surface area contributed by atoms with Crippen LogP contribution in [-0.2, 0) is 4.79 Å². The second-order valence-electron chi connectivity index (χ2n) is 7.08. The van der Waals surface area contributed by atoms with Crippen LogP contribution in [0.2, 0.25) is 0 Å². The molecule has 0 radical (unpaired) electrons. The Morgan fingerprint density at radius 1 is 0.938 bits per heavy atom. The summed E-state index contributed by atoms with van der Waals surface area (Å²) >= 11 is 0. The molecule has 0 bridgehead atoms. The Morgan fingerprint density at radius 2 is 1.66 bits per heavy atom. The molecule has 8 nitrogen and oxygen atoms in total. The number of carbonyl (C=O) groups is 2. The van der Waals surface area contributed by atoms with E-state index in [1.807, 2.05) is 36.4 Å². The molecule has 3 aromatic carbocycles. The van der Waals surface area contributed by atoms with Crippen molar-refractivity contribution in [2.45, 2.75) is 12.5 Å². The van der Waals surface area contributed by atoms with Gasteiger partial charge in [0.05, 0.1) is 12.5 Å². The Hall–Kier alpha value is -4.46. The summed E-state index contributed by atoms with van der Waals surface area (Å²) in [5, 5.41) is 9.43. The summed E-state index contributed by atoms with van der Waals surface area (Å²) < 4.78 is 4.53. The lowest BCUT2D eigenvalue weighted by molar-refractivity contribution is -0.116. The second kappa shape index (κ2) is 9.57. The van der Waals surface area contributed by atoms with Gasteiger partial charge >= 0.3 is 5.76 Å². The smallest absolute Gasteiger partial charge is 0.345 e. The highest BCUT2D eigenvalue weighted by Gasteiger charge is 2.19. The molecule has 3 N–H and O–H groups in total. The third-order valence-corrected chi connectivity index (χ3v) is 4.79. The molecule has 8 heteroatoms. The van der Waals surface area contributed by atoms with Crippen molar-refractivity contribution in [1.82, 2.24) is 15.5 Å². The van der Waals surface area contributed by atoms with Crippen LogP contribution in [0.4, 0.5) is 5.69 Å².